The maximum absolute atomic E-state index is 13.4. The molecule has 1 aliphatic rings. The van der Waals surface area contributed by atoms with Gasteiger partial charge >= 0.3 is 0 Å². The monoisotopic (exact) mass is 449 g/mol. The van der Waals surface area contributed by atoms with Gasteiger partial charge in [-0.1, -0.05) is 0 Å². The van der Waals surface area contributed by atoms with E-state index >= 15 is 0 Å². The molecule has 8 nitrogen and oxygen atoms in total. The molecule has 1 saturated carbocycles. The summed E-state index contributed by atoms with van der Waals surface area (Å²) in [4.78, 5) is 20.8. The standard InChI is InChI=1S/C20H21F2N5O3S/c1-30-12-18(28)26-14-7-15(10-23-9-14)27-19-13(8-25-27)6-17(11-24-19)31(29)16-2-4-20(21,22)5-3-16/h6-11,16H,2-5,12H2,1H3,(H,26,28). The number of amides is 1. The van der Waals surface area contributed by atoms with Crippen LogP contribution in [0.15, 0.2) is 41.8 Å². The Morgan fingerprint density at radius 2 is 2.03 bits per heavy atom. The number of nitrogens with one attached hydrogen (secondary N) is 1. The predicted molar refractivity (Wildman–Crippen MR) is 111 cm³/mol. The van der Waals surface area contributed by atoms with Crippen LogP contribution in [0.4, 0.5) is 14.5 Å². The fourth-order valence-electron chi connectivity index (χ4n) is 3.56. The van der Waals surface area contributed by atoms with E-state index in [0.717, 1.165) is 0 Å². The van der Waals surface area contributed by atoms with Crippen LogP contribution in [0.25, 0.3) is 16.7 Å². The molecule has 1 unspecified atom stereocenters. The number of halogens is 2. The molecule has 164 valence electrons. The lowest BCUT2D eigenvalue weighted by Gasteiger charge is -2.27. The minimum Gasteiger partial charge on any atom is -0.375 e. The molecule has 0 bridgehead atoms. The molecule has 31 heavy (non-hydrogen) atoms. The molecule has 1 N–H and O–H groups in total. The Morgan fingerprint density at radius 3 is 2.77 bits per heavy atom. The minimum absolute atomic E-state index is 0.0744. The van der Waals surface area contributed by atoms with Crippen molar-refractivity contribution in [2.45, 2.75) is 41.8 Å². The lowest BCUT2D eigenvalue weighted by Crippen LogP contribution is -2.30. The van der Waals surface area contributed by atoms with E-state index in [2.05, 4.69) is 20.4 Å². The highest BCUT2D eigenvalue weighted by Crippen LogP contribution is 2.36. The number of anilines is 1. The van der Waals surface area contributed by atoms with Crippen molar-refractivity contribution in [1.82, 2.24) is 19.7 Å². The fourth-order valence-corrected chi connectivity index (χ4v) is 5.01. The van der Waals surface area contributed by atoms with E-state index in [0.29, 0.717) is 27.3 Å². The number of carbonyl (C=O) groups excluding carboxylic acids is 1. The van der Waals surface area contributed by atoms with E-state index in [-0.39, 0.29) is 43.4 Å². The van der Waals surface area contributed by atoms with E-state index in [4.69, 9.17) is 4.74 Å². The number of carbonyl (C=O) groups is 1. The molecule has 3 heterocycles. The number of pyridine rings is 2. The molecular weight excluding hydrogens is 428 g/mol. The Morgan fingerprint density at radius 1 is 1.26 bits per heavy atom. The highest BCUT2D eigenvalue weighted by molar-refractivity contribution is 7.85. The SMILES string of the molecule is COCC(=O)Nc1cncc(-n2ncc3cc(S(=O)C4CCC(F)(F)CC4)cnc32)c1. The van der Waals surface area contributed by atoms with Crippen LogP contribution >= 0.6 is 0 Å². The molecule has 0 saturated heterocycles. The molecular formula is C20H21F2N5O3S. The first-order chi connectivity index (χ1) is 14.9. The van der Waals surface area contributed by atoms with Crippen LogP contribution in [0.2, 0.25) is 0 Å². The quantitative estimate of drug-likeness (QED) is 0.621. The number of methoxy groups -OCH3 is 1. The normalized spacial score (nSPS) is 17.5. The van der Waals surface area contributed by atoms with Crippen LogP contribution in [0.3, 0.4) is 0 Å². The third-order valence-electron chi connectivity index (χ3n) is 5.11. The third-order valence-corrected chi connectivity index (χ3v) is 6.87. The van der Waals surface area contributed by atoms with Gasteiger partial charge in [-0.15, -0.1) is 0 Å². The highest BCUT2D eigenvalue weighted by Gasteiger charge is 2.37. The zero-order valence-corrected chi connectivity index (χ0v) is 17.6. The molecule has 11 heteroatoms. The number of hydrogen-bond acceptors (Lipinski definition) is 6. The van der Waals surface area contributed by atoms with Crippen molar-refractivity contribution in [2.24, 2.45) is 0 Å². The van der Waals surface area contributed by atoms with Crippen molar-refractivity contribution in [2.75, 3.05) is 19.0 Å². The van der Waals surface area contributed by atoms with Crippen molar-refractivity contribution in [3.05, 3.63) is 36.9 Å². The molecule has 0 aromatic carbocycles. The van der Waals surface area contributed by atoms with Crippen molar-refractivity contribution in [3.8, 4) is 5.69 Å². The van der Waals surface area contributed by atoms with Gasteiger partial charge in [0.05, 0.1) is 45.7 Å². The second kappa shape index (κ2) is 8.75. The second-order valence-corrected chi connectivity index (χ2v) is 9.14. The summed E-state index contributed by atoms with van der Waals surface area (Å²) in [6.07, 6.45) is 6.16. The Balaban J connectivity index is 1.56. The molecule has 1 fully saturated rings. The second-order valence-electron chi connectivity index (χ2n) is 7.41. The Kier molecular flexibility index (Phi) is 6.05. The van der Waals surface area contributed by atoms with Crippen LogP contribution in [0.1, 0.15) is 25.7 Å². The summed E-state index contributed by atoms with van der Waals surface area (Å²) in [5.74, 6) is -2.96. The molecule has 3 aromatic heterocycles. The van der Waals surface area contributed by atoms with Gasteiger partial charge in [-0.05, 0) is 25.0 Å². The highest BCUT2D eigenvalue weighted by atomic mass is 32.2. The molecule has 0 radical (unpaired) electrons. The van der Waals surface area contributed by atoms with E-state index in [1.165, 1.54) is 19.5 Å². The van der Waals surface area contributed by atoms with Crippen LogP contribution in [-0.2, 0) is 20.3 Å². The molecule has 4 rings (SSSR count). The van der Waals surface area contributed by atoms with Gasteiger partial charge in [-0.2, -0.15) is 5.10 Å². The summed E-state index contributed by atoms with van der Waals surface area (Å²) in [6.45, 7) is -0.0744. The number of aromatic nitrogens is 4. The Hall–Kier alpha value is -2.79. The first-order valence-corrected chi connectivity index (χ1v) is 10.9. The summed E-state index contributed by atoms with van der Waals surface area (Å²) in [6, 6.07) is 3.43. The Labute approximate surface area is 179 Å². The number of hydrogen-bond donors (Lipinski definition) is 1. The van der Waals surface area contributed by atoms with Gasteiger partial charge in [-0.25, -0.2) is 18.4 Å². The van der Waals surface area contributed by atoms with Gasteiger partial charge in [0.15, 0.2) is 5.65 Å². The molecule has 1 atom stereocenters. The first-order valence-electron chi connectivity index (χ1n) is 9.73. The average molecular weight is 449 g/mol. The minimum atomic E-state index is -2.66. The predicted octanol–water partition coefficient (Wildman–Crippen LogP) is 3.09. The molecule has 0 spiro atoms. The molecule has 1 aliphatic carbocycles. The number of rotatable bonds is 6. The van der Waals surface area contributed by atoms with E-state index < -0.39 is 16.7 Å². The Bertz CT molecular complexity index is 1130. The lowest BCUT2D eigenvalue weighted by atomic mass is 9.96. The van der Waals surface area contributed by atoms with Gasteiger partial charge < -0.3 is 10.1 Å². The summed E-state index contributed by atoms with van der Waals surface area (Å²) in [7, 11) is 0.0198. The number of ether oxygens (including phenoxy) is 1. The molecule has 0 aliphatic heterocycles. The number of nitrogens with zero attached hydrogens (tertiary/aromatic N) is 4. The average Bonchev–Trinajstić information content (AvgIpc) is 3.17. The summed E-state index contributed by atoms with van der Waals surface area (Å²) in [5, 5.41) is 7.38. The molecule has 3 aromatic rings. The van der Waals surface area contributed by atoms with Crippen LogP contribution < -0.4 is 5.32 Å². The number of fused-ring (bicyclic) bond motifs is 1. The topological polar surface area (TPSA) is 99.0 Å². The summed E-state index contributed by atoms with van der Waals surface area (Å²) in [5.41, 5.74) is 1.59. The van der Waals surface area contributed by atoms with Gasteiger partial charge in [-0.3, -0.25) is 14.0 Å². The lowest BCUT2D eigenvalue weighted by molar-refractivity contribution is -0.119. The fraction of sp³-hybridized carbons (Fsp3) is 0.400. The van der Waals surface area contributed by atoms with Crippen molar-refractivity contribution in [1.29, 1.82) is 0 Å². The van der Waals surface area contributed by atoms with Gasteiger partial charge in [0.2, 0.25) is 11.8 Å². The van der Waals surface area contributed by atoms with Gasteiger partial charge in [0, 0.05) is 36.8 Å². The smallest absolute Gasteiger partial charge is 0.250 e. The van der Waals surface area contributed by atoms with Crippen molar-refractivity contribution in [3.63, 3.8) is 0 Å². The molecule has 1 amide bonds. The largest absolute Gasteiger partial charge is 0.375 e. The third kappa shape index (κ3) is 4.77. The number of alkyl halides is 2. The van der Waals surface area contributed by atoms with Crippen LogP contribution in [-0.4, -0.2) is 54.8 Å². The van der Waals surface area contributed by atoms with Crippen molar-refractivity contribution >= 4 is 33.4 Å². The maximum Gasteiger partial charge on any atom is 0.250 e. The van der Waals surface area contributed by atoms with E-state index in [1.54, 1.807) is 29.2 Å². The maximum atomic E-state index is 13.4. The van der Waals surface area contributed by atoms with E-state index in [1.807, 2.05) is 0 Å². The summed E-state index contributed by atoms with van der Waals surface area (Å²) >= 11 is 0. The summed E-state index contributed by atoms with van der Waals surface area (Å²) < 4.78 is 46.0. The zero-order chi connectivity index (χ0) is 22.0. The van der Waals surface area contributed by atoms with Crippen LogP contribution in [0, 0.1) is 0 Å². The first kappa shape index (κ1) is 21.4. The zero-order valence-electron chi connectivity index (χ0n) is 16.8. The van der Waals surface area contributed by atoms with E-state index in [9.17, 15) is 17.8 Å². The van der Waals surface area contributed by atoms with Gasteiger partial charge in [0.25, 0.3) is 0 Å². The van der Waals surface area contributed by atoms with Gasteiger partial charge in [0.1, 0.15) is 6.61 Å². The van der Waals surface area contributed by atoms with Crippen molar-refractivity contribution < 1.29 is 22.5 Å². The van der Waals surface area contributed by atoms with Crippen LogP contribution in [0.5, 0.6) is 0 Å².